The summed E-state index contributed by atoms with van der Waals surface area (Å²) >= 11 is 3.42. The average Bonchev–Trinajstić information content (AvgIpc) is 2.51. The number of rotatable bonds is 3. The first kappa shape index (κ1) is 14.9. The van der Waals surface area contributed by atoms with Crippen LogP contribution in [0.3, 0.4) is 0 Å². The molecule has 1 aromatic heterocycles. The number of aliphatic hydroxyl groups is 1. The Balaban J connectivity index is 2.03. The Kier molecular flexibility index (Phi) is 5.33. The highest BCUT2D eigenvalue weighted by atomic mass is 79.9. The monoisotopic (exact) mass is 327 g/mol. The largest absolute Gasteiger partial charge is 0.391 e. The molecule has 2 atom stereocenters. The predicted octanol–water partition coefficient (Wildman–Crippen LogP) is 1.38. The molecule has 2 heterocycles. The zero-order valence-corrected chi connectivity index (χ0v) is 13.2. The van der Waals surface area contributed by atoms with Gasteiger partial charge in [-0.25, -0.2) is 0 Å². The van der Waals surface area contributed by atoms with Gasteiger partial charge in [-0.15, -0.1) is 0 Å². The van der Waals surface area contributed by atoms with Crippen LogP contribution in [0.25, 0.3) is 0 Å². The number of likely N-dealkylation sites (N-methyl/N-ethyl adjacent to an activating group) is 2. The molecular weight excluding hydrogens is 306 g/mol. The summed E-state index contributed by atoms with van der Waals surface area (Å²) < 4.78 is 0.962. The van der Waals surface area contributed by atoms with Gasteiger partial charge in [-0.3, -0.25) is 9.88 Å². The second-order valence-electron chi connectivity index (χ2n) is 5.45. The van der Waals surface area contributed by atoms with Crippen LogP contribution in [0.4, 0.5) is 0 Å². The molecule has 1 fully saturated rings. The van der Waals surface area contributed by atoms with Crippen LogP contribution in [0.1, 0.15) is 12.0 Å². The molecule has 0 aromatic carbocycles. The van der Waals surface area contributed by atoms with Crippen molar-refractivity contribution in [2.75, 3.05) is 33.7 Å². The molecule has 1 aliphatic rings. The summed E-state index contributed by atoms with van der Waals surface area (Å²) in [5.74, 6) is 0. The molecule has 0 aliphatic carbocycles. The second-order valence-corrected chi connectivity index (χ2v) is 6.36. The summed E-state index contributed by atoms with van der Waals surface area (Å²) in [6.07, 6.45) is 5.04. The Bertz CT molecular complexity index is 415. The summed E-state index contributed by atoms with van der Waals surface area (Å²) in [6.45, 7) is 3.06. The first-order valence-electron chi connectivity index (χ1n) is 6.72. The van der Waals surface area contributed by atoms with Gasteiger partial charge in [0.15, 0.2) is 0 Å². The van der Waals surface area contributed by atoms with E-state index in [2.05, 4.69) is 44.8 Å². The zero-order chi connectivity index (χ0) is 13.8. The molecule has 106 valence electrons. The number of hydrogen-bond donors (Lipinski definition) is 1. The maximum absolute atomic E-state index is 10.5. The van der Waals surface area contributed by atoms with E-state index in [1.54, 1.807) is 6.20 Å². The van der Waals surface area contributed by atoms with E-state index >= 15 is 0 Å². The molecule has 0 bridgehead atoms. The van der Waals surface area contributed by atoms with Crippen molar-refractivity contribution in [2.24, 2.45) is 0 Å². The smallest absolute Gasteiger partial charge is 0.0748 e. The van der Waals surface area contributed by atoms with Crippen molar-refractivity contribution in [1.29, 1.82) is 0 Å². The lowest BCUT2D eigenvalue weighted by Gasteiger charge is -2.31. The van der Waals surface area contributed by atoms with Crippen LogP contribution < -0.4 is 0 Å². The Morgan fingerprint density at radius 1 is 1.42 bits per heavy atom. The molecule has 5 heteroatoms. The van der Waals surface area contributed by atoms with E-state index in [1.807, 2.05) is 12.3 Å². The van der Waals surface area contributed by atoms with Crippen molar-refractivity contribution in [3.8, 4) is 0 Å². The van der Waals surface area contributed by atoms with Crippen molar-refractivity contribution in [3.63, 3.8) is 0 Å². The molecule has 2 unspecified atom stereocenters. The Hall–Kier alpha value is -0.490. The lowest BCUT2D eigenvalue weighted by Crippen LogP contribution is -2.47. The summed E-state index contributed by atoms with van der Waals surface area (Å²) in [4.78, 5) is 8.73. The third-order valence-corrected chi connectivity index (χ3v) is 4.20. The van der Waals surface area contributed by atoms with E-state index in [0.29, 0.717) is 6.42 Å². The molecule has 4 nitrogen and oxygen atoms in total. The average molecular weight is 328 g/mol. The fourth-order valence-electron chi connectivity index (χ4n) is 2.67. The summed E-state index contributed by atoms with van der Waals surface area (Å²) in [5.41, 5.74) is 1.07. The number of aliphatic hydroxyl groups excluding tert-OH is 1. The standard InChI is InChI=1S/C14H22BrN3O/c1-17-4-3-5-18(2)13(10-17)14(19)7-11-6-12(15)9-16-8-11/h6,8-9,13-14,19H,3-5,7,10H2,1-2H3. The molecule has 1 aromatic rings. The van der Waals surface area contributed by atoms with E-state index in [4.69, 9.17) is 0 Å². The van der Waals surface area contributed by atoms with Crippen molar-refractivity contribution < 1.29 is 5.11 Å². The van der Waals surface area contributed by atoms with E-state index in [1.165, 1.54) is 0 Å². The van der Waals surface area contributed by atoms with Crippen LogP contribution in [-0.2, 0) is 6.42 Å². The normalized spacial score (nSPS) is 24.1. The molecule has 2 rings (SSSR count). The van der Waals surface area contributed by atoms with E-state index in [-0.39, 0.29) is 12.1 Å². The van der Waals surface area contributed by atoms with Gasteiger partial charge in [-0.1, -0.05) is 0 Å². The lowest BCUT2D eigenvalue weighted by molar-refractivity contribution is 0.0580. The van der Waals surface area contributed by atoms with Crippen LogP contribution in [0.5, 0.6) is 0 Å². The van der Waals surface area contributed by atoms with Crippen LogP contribution >= 0.6 is 15.9 Å². The zero-order valence-electron chi connectivity index (χ0n) is 11.6. The molecule has 1 aliphatic heterocycles. The predicted molar refractivity (Wildman–Crippen MR) is 80.2 cm³/mol. The fraction of sp³-hybridized carbons (Fsp3) is 0.643. The van der Waals surface area contributed by atoms with Gasteiger partial charge < -0.3 is 10.0 Å². The van der Waals surface area contributed by atoms with E-state index in [9.17, 15) is 5.11 Å². The Labute approximate surface area is 123 Å². The first-order chi connectivity index (χ1) is 9.06. The van der Waals surface area contributed by atoms with Gasteiger partial charge in [0.2, 0.25) is 0 Å². The summed E-state index contributed by atoms with van der Waals surface area (Å²) in [6, 6.07) is 2.21. The van der Waals surface area contributed by atoms with Crippen molar-refractivity contribution in [2.45, 2.75) is 25.0 Å². The first-order valence-corrected chi connectivity index (χ1v) is 7.52. The SMILES string of the molecule is CN1CCCN(C)C(C(O)Cc2cncc(Br)c2)C1. The van der Waals surface area contributed by atoms with Gasteiger partial charge >= 0.3 is 0 Å². The highest BCUT2D eigenvalue weighted by Crippen LogP contribution is 2.16. The molecule has 1 N–H and O–H groups in total. The number of nitrogens with zero attached hydrogens (tertiary/aromatic N) is 3. The van der Waals surface area contributed by atoms with E-state index < -0.39 is 0 Å². The van der Waals surface area contributed by atoms with E-state index in [0.717, 1.165) is 36.1 Å². The van der Waals surface area contributed by atoms with Crippen molar-refractivity contribution >= 4 is 15.9 Å². The van der Waals surface area contributed by atoms with Crippen molar-refractivity contribution in [3.05, 3.63) is 28.5 Å². The minimum atomic E-state index is -0.360. The minimum Gasteiger partial charge on any atom is -0.391 e. The summed E-state index contributed by atoms with van der Waals surface area (Å²) in [5, 5.41) is 10.5. The summed E-state index contributed by atoms with van der Waals surface area (Å²) in [7, 11) is 4.23. The molecular formula is C14H22BrN3O. The maximum atomic E-state index is 10.5. The van der Waals surface area contributed by atoms with Gasteiger partial charge in [0.25, 0.3) is 0 Å². The van der Waals surface area contributed by atoms with Crippen molar-refractivity contribution in [1.82, 2.24) is 14.8 Å². The third kappa shape index (κ3) is 4.24. The molecule has 0 saturated carbocycles. The molecule has 1 saturated heterocycles. The third-order valence-electron chi connectivity index (χ3n) is 3.77. The quantitative estimate of drug-likeness (QED) is 0.910. The molecule has 19 heavy (non-hydrogen) atoms. The highest BCUT2D eigenvalue weighted by Gasteiger charge is 2.27. The number of hydrogen-bond acceptors (Lipinski definition) is 4. The Morgan fingerprint density at radius 2 is 2.21 bits per heavy atom. The molecule has 0 radical (unpaired) electrons. The maximum Gasteiger partial charge on any atom is 0.0748 e. The lowest BCUT2D eigenvalue weighted by atomic mass is 10.0. The minimum absolute atomic E-state index is 0.187. The van der Waals surface area contributed by atoms with Crippen LogP contribution in [0.15, 0.2) is 22.9 Å². The number of pyridine rings is 1. The van der Waals surface area contributed by atoms with Gasteiger partial charge in [-0.2, -0.15) is 0 Å². The Morgan fingerprint density at radius 3 is 2.95 bits per heavy atom. The topological polar surface area (TPSA) is 39.6 Å². The van der Waals surface area contributed by atoms with Gasteiger partial charge in [0.1, 0.15) is 0 Å². The van der Waals surface area contributed by atoms with Crippen LogP contribution in [-0.4, -0.2) is 65.8 Å². The van der Waals surface area contributed by atoms with Gasteiger partial charge in [0, 0.05) is 35.9 Å². The van der Waals surface area contributed by atoms with Crippen LogP contribution in [0.2, 0.25) is 0 Å². The second kappa shape index (κ2) is 6.79. The van der Waals surface area contributed by atoms with Crippen LogP contribution in [0, 0.1) is 0 Å². The van der Waals surface area contributed by atoms with Gasteiger partial charge in [-0.05, 0) is 61.2 Å². The number of halogens is 1. The highest BCUT2D eigenvalue weighted by molar-refractivity contribution is 9.10. The fourth-order valence-corrected chi connectivity index (χ4v) is 3.08. The molecule has 0 spiro atoms. The number of aromatic nitrogens is 1. The molecule has 0 amide bonds. The van der Waals surface area contributed by atoms with Gasteiger partial charge in [0.05, 0.1) is 6.10 Å².